The predicted molar refractivity (Wildman–Crippen MR) is 105 cm³/mol. The van der Waals surface area contributed by atoms with Gasteiger partial charge in [-0.2, -0.15) is 5.10 Å². The number of ether oxygens (including phenoxy) is 2. The lowest BCUT2D eigenvalue weighted by Crippen LogP contribution is -2.30. The summed E-state index contributed by atoms with van der Waals surface area (Å²) >= 11 is 0. The molecule has 0 saturated carbocycles. The minimum atomic E-state index is -0.373. The second kappa shape index (κ2) is 7.07. The van der Waals surface area contributed by atoms with Crippen LogP contribution in [0.2, 0.25) is 0 Å². The SMILES string of the molecule is COc1ccc(NC(=O)Cn2ncn3c(cc4ccccc43)c2=O)cc1OC. The van der Waals surface area contributed by atoms with Crippen LogP contribution in [0.1, 0.15) is 0 Å². The number of para-hydroxylation sites is 1. The molecule has 28 heavy (non-hydrogen) atoms. The van der Waals surface area contributed by atoms with E-state index in [9.17, 15) is 9.59 Å². The van der Waals surface area contributed by atoms with Crippen molar-refractivity contribution in [3.05, 3.63) is 65.2 Å². The number of fused-ring (bicyclic) bond motifs is 3. The summed E-state index contributed by atoms with van der Waals surface area (Å²) in [5, 5.41) is 7.81. The minimum absolute atomic E-state index is 0.203. The molecule has 4 aromatic rings. The number of anilines is 1. The fraction of sp³-hybridized carbons (Fsp3) is 0.150. The molecule has 4 rings (SSSR count). The summed E-state index contributed by atoms with van der Waals surface area (Å²) in [6.07, 6.45) is 1.54. The number of benzene rings is 2. The van der Waals surface area contributed by atoms with Gasteiger partial charge in [-0.15, -0.1) is 0 Å². The van der Waals surface area contributed by atoms with E-state index < -0.39 is 0 Å². The van der Waals surface area contributed by atoms with Crippen molar-refractivity contribution in [2.45, 2.75) is 6.54 Å². The lowest BCUT2D eigenvalue weighted by atomic mass is 10.2. The quantitative estimate of drug-likeness (QED) is 0.576. The highest BCUT2D eigenvalue weighted by atomic mass is 16.5. The van der Waals surface area contributed by atoms with E-state index >= 15 is 0 Å². The molecule has 0 saturated heterocycles. The molecule has 0 radical (unpaired) electrons. The van der Waals surface area contributed by atoms with Gasteiger partial charge in [0.05, 0.1) is 19.7 Å². The minimum Gasteiger partial charge on any atom is -0.493 e. The Morgan fingerprint density at radius 3 is 2.61 bits per heavy atom. The number of hydrogen-bond acceptors (Lipinski definition) is 5. The number of carbonyl (C=O) groups is 1. The Kier molecular flexibility index (Phi) is 4.44. The Labute approximate surface area is 159 Å². The van der Waals surface area contributed by atoms with Crippen molar-refractivity contribution in [1.82, 2.24) is 14.2 Å². The molecule has 8 heteroatoms. The van der Waals surface area contributed by atoms with Crippen LogP contribution < -0.4 is 20.3 Å². The summed E-state index contributed by atoms with van der Waals surface area (Å²) in [5.41, 5.74) is 1.56. The van der Waals surface area contributed by atoms with Crippen molar-refractivity contribution >= 4 is 28.0 Å². The van der Waals surface area contributed by atoms with E-state index in [0.717, 1.165) is 15.6 Å². The standard InChI is InChI=1S/C20H18N4O4/c1-27-17-8-7-14(10-18(17)28-2)22-19(25)11-24-20(26)16-9-13-5-3-4-6-15(13)23(16)12-21-24/h3-10,12H,11H2,1-2H3,(H,22,25). The maximum absolute atomic E-state index is 12.7. The first-order valence-electron chi connectivity index (χ1n) is 8.58. The lowest BCUT2D eigenvalue weighted by molar-refractivity contribution is -0.117. The number of aromatic nitrogens is 3. The molecule has 142 valence electrons. The van der Waals surface area contributed by atoms with Gasteiger partial charge >= 0.3 is 0 Å². The Balaban J connectivity index is 1.59. The van der Waals surface area contributed by atoms with Crippen molar-refractivity contribution in [1.29, 1.82) is 0 Å². The van der Waals surface area contributed by atoms with E-state index in [-0.39, 0.29) is 18.0 Å². The van der Waals surface area contributed by atoms with E-state index in [1.165, 1.54) is 14.2 Å². The third-order valence-electron chi connectivity index (χ3n) is 4.47. The van der Waals surface area contributed by atoms with Crippen LogP contribution in [0.4, 0.5) is 5.69 Å². The number of nitrogens with zero attached hydrogens (tertiary/aromatic N) is 3. The Bertz CT molecular complexity index is 1240. The average molecular weight is 378 g/mol. The Hall–Kier alpha value is -3.81. The second-order valence-electron chi connectivity index (χ2n) is 6.17. The molecule has 0 spiro atoms. The molecule has 8 nitrogen and oxygen atoms in total. The van der Waals surface area contributed by atoms with Gasteiger partial charge in [-0.3, -0.25) is 14.0 Å². The lowest BCUT2D eigenvalue weighted by Gasteiger charge is -2.11. The summed E-state index contributed by atoms with van der Waals surface area (Å²) in [6, 6.07) is 14.5. The maximum atomic E-state index is 12.7. The zero-order chi connectivity index (χ0) is 19.7. The third-order valence-corrected chi connectivity index (χ3v) is 4.47. The number of nitrogens with one attached hydrogen (secondary N) is 1. The van der Waals surface area contributed by atoms with E-state index in [0.29, 0.717) is 22.7 Å². The molecule has 2 aromatic heterocycles. The van der Waals surface area contributed by atoms with Crippen LogP contribution in [0, 0.1) is 0 Å². The molecule has 0 aliphatic carbocycles. The summed E-state index contributed by atoms with van der Waals surface area (Å²) < 4.78 is 13.3. The molecule has 1 N–H and O–H groups in total. The van der Waals surface area contributed by atoms with E-state index in [1.54, 1.807) is 35.0 Å². The summed E-state index contributed by atoms with van der Waals surface area (Å²) in [5.74, 6) is 0.684. The van der Waals surface area contributed by atoms with Crippen molar-refractivity contribution in [3.63, 3.8) is 0 Å². The molecule has 0 atom stereocenters. The van der Waals surface area contributed by atoms with E-state index in [1.807, 2.05) is 24.3 Å². The van der Waals surface area contributed by atoms with Crippen LogP contribution >= 0.6 is 0 Å². The summed E-state index contributed by atoms with van der Waals surface area (Å²) in [4.78, 5) is 25.1. The third kappa shape index (κ3) is 3.05. The van der Waals surface area contributed by atoms with Gasteiger partial charge in [-0.05, 0) is 24.3 Å². The van der Waals surface area contributed by atoms with Crippen molar-refractivity contribution < 1.29 is 14.3 Å². The first kappa shape index (κ1) is 17.6. The van der Waals surface area contributed by atoms with Crippen LogP contribution in [-0.4, -0.2) is 34.3 Å². The van der Waals surface area contributed by atoms with Crippen LogP contribution in [0.25, 0.3) is 16.4 Å². The fourth-order valence-corrected chi connectivity index (χ4v) is 3.13. The number of hydrogen-bond donors (Lipinski definition) is 1. The largest absolute Gasteiger partial charge is 0.493 e. The van der Waals surface area contributed by atoms with Gasteiger partial charge in [0, 0.05) is 17.1 Å². The second-order valence-corrected chi connectivity index (χ2v) is 6.17. The molecule has 0 aliphatic heterocycles. The number of carbonyl (C=O) groups excluding carboxylic acids is 1. The number of amides is 1. The molecule has 2 heterocycles. The van der Waals surface area contributed by atoms with Crippen LogP contribution in [-0.2, 0) is 11.3 Å². The molecular formula is C20H18N4O4. The van der Waals surface area contributed by atoms with Crippen LogP contribution in [0.15, 0.2) is 59.7 Å². The van der Waals surface area contributed by atoms with Crippen molar-refractivity contribution in [3.8, 4) is 11.5 Å². The highest BCUT2D eigenvalue weighted by molar-refractivity contribution is 5.91. The van der Waals surface area contributed by atoms with Gasteiger partial charge in [-0.25, -0.2) is 4.68 Å². The number of rotatable bonds is 5. The Morgan fingerprint density at radius 1 is 1.04 bits per heavy atom. The van der Waals surface area contributed by atoms with Gasteiger partial charge < -0.3 is 14.8 Å². The predicted octanol–water partition coefficient (Wildman–Crippen LogP) is 2.31. The first-order valence-corrected chi connectivity index (χ1v) is 8.58. The van der Waals surface area contributed by atoms with E-state index in [4.69, 9.17) is 9.47 Å². The highest BCUT2D eigenvalue weighted by Gasteiger charge is 2.12. The van der Waals surface area contributed by atoms with Crippen molar-refractivity contribution in [2.75, 3.05) is 19.5 Å². The first-order chi connectivity index (χ1) is 13.6. The normalized spacial score (nSPS) is 10.9. The highest BCUT2D eigenvalue weighted by Crippen LogP contribution is 2.29. The van der Waals surface area contributed by atoms with E-state index in [2.05, 4.69) is 10.4 Å². The number of methoxy groups -OCH3 is 2. The molecule has 1 amide bonds. The topological polar surface area (TPSA) is 86.9 Å². The zero-order valence-electron chi connectivity index (χ0n) is 15.4. The monoisotopic (exact) mass is 378 g/mol. The van der Waals surface area contributed by atoms with Gasteiger partial charge in [0.25, 0.3) is 5.56 Å². The molecule has 0 unspecified atom stereocenters. The van der Waals surface area contributed by atoms with Gasteiger partial charge in [0.15, 0.2) is 11.5 Å². The molecule has 2 aromatic carbocycles. The molecule has 0 bridgehead atoms. The Morgan fingerprint density at radius 2 is 1.82 bits per heavy atom. The molecule has 0 aliphatic rings. The smallest absolute Gasteiger partial charge is 0.291 e. The van der Waals surface area contributed by atoms with Gasteiger partial charge in [0.1, 0.15) is 18.4 Å². The van der Waals surface area contributed by atoms with Gasteiger partial charge in [0.2, 0.25) is 5.91 Å². The molecule has 0 fully saturated rings. The van der Waals surface area contributed by atoms with Crippen LogP contribution in [0.5, 0.6) is 11.5 Å². The average Bonchev–Trinajstić information content (AvgIpc) is 3.09. The fourth-order valence-electron chi connectivity index (χ4n) is 3.13. The zero-order valence-corrected chi connectivity index (χ0v) is 15.4. The summed E-state index contributed by atoms with van der Waals surface area (Å²) in [6.45, 7) is -0.203. The van der Waals surface area contributed by atoms with Gasteiger partial charge in [-0.1, -0.05) is 18.2 Å². The maximum Gasteiger partial charge on any atom is 0.291 e. The molecular weight excluding hydrogens is 360 g/mol. The van der Waals surface area contributed by atoms with Crippen LogP contribution in [0.3, 0.4) is 0 Å². The van der Waals surface area contributed by atoms with Crippen molar-refractivity contribution in [2.24, 2.45) is 0 Å². The summed E-state index contributed by atoms with van der Waals surface area (Å²) in [7, 11) is 3.05.